The Kier molecular flexibility index (Phi) is 2.86. The second kappa shape index (κ2) is 4.42. The molecule has 0 atom stereocenters. The summed E-state index contributed by atoms with van der Waals surface area (Å²) < 4.78 is 3.00. The largest absolute Gasteiger partial charge is 0.237 e. The summed E-state index contributed by atoms with van der Waals surface area (Å²) in [5.74, 6) is 0. The third-order valence-corrected chi connectivity index (χ3v) is 3.77. The predicted octanol–water partition coefficient (Wildman–Crippen LogP) is 3.50. The summed E-state index contributed by atoms with van der Waals surface area (Å²) in [5.41, 5.74) is 4.83. The molecule has 0 radical (unpaired) electrons. The molecule has 0 unspecified atom stereocenters. The van der Waals surface area contributed by atoms with Gasteiger partial charge in [-0.25, -0.2) is 4.68 Å². The molecule has 0 N–H and O–H groups in total. The number of rotatable bonds is 1. The van der Waals surface area contributed by atoms with Gasteiger partial charge in [-0.1, -0.05) is 15.9 Å². The van der Waals surface area contributed by atoms with Crippen molar-refractivity contribution in [3.63, 3.8) is 0 Å². The van der Waals surface area contributed by atoms with Crippen LogP contribution in [0.3, 0.4) is 0 Å². The Bertz CT molecular complexity index is 759. The molecule has 0 bridgehead atoms. The summed E-state index contributed by atoms with van der Waals surface area (Å²) in [7, 11) is 0. The van der Waals surface area contributed by atoms with Crippen LogP contribution in [0.1, 0.15) is 17.1 Å². The van der Waals surface area contributed by atoms with E-state index in [4.69, 9.17) is 0 Å². The van der Waals surface area contributed by atoms with Crippen molar-refractivity contribution in [3.05, 3.63) is 45.8 Å². The molecule has 5 heteroatoms. The molecule has 96 valence electrons. The smallest absolute Gasteiger partial charge is 0.118 e. The van der Waals surface area contributed by atoms with E-state index >= 15 is 0 Å². The fourth-order valence-electron chi connectivity index (χ4n) is 2.27. The summed E-state index contributed by atoms with van der Waals surface area (Å²) >= 11 is 3.44. The van der Waals surface area contributed by atoms with Crippen LogP contribution in [-0.4, -0.2) is 20.0 Å². The lowest BCUT2D eigenvalue weighted by atomic mass is 10.2. The normalized spacial score (nSPS) is 11.2. The molecule has 3 rings (SSSR count). The lowest BCUT2D eigenvalue weighted by Crippen LogP contribution is -1.98. The number of fused-ring (bicyclic) bond motifs is 1. The Balaban J connectivity index is 2.31. The van der Waals surface area contributed by atoms with Gasteiger partial charge in [0.05, 0.1) is 22.8 Å². The van der Waals surface area contributed by atoms with Crippen molar-refractivity contribution in [3.8, 4) is 5.69 Å². The maximum atomic E-state index is 4.67. The van der Waals surface area contributed by atoms with E-state index in [1.54, 1.807) is 0 Å². The van der Waals surface area contributed by atoms with Gasteiger partial charge in [-0.05, 0) is 45.0 Å². The molecule has 0 spiro atoms. The fourth-order valence-corrected chi connectivity index (χ4v) is 2.53. The van der Waals surface area contributed by atoms with E-state index in [0.29, 0.717) is 0 Å². The van der Waals surface area contributed by atoms with Gasteiger partial charge in [0.1, 0.15) is 5.52 Å². The molecule has 1 aromatic carbocycles. The van der Waals surface area contributed by atoms with E-state index in [9.17, 15) is 0 Å². The molecule has 0 saturated heterocycles. The number of nitrogens with zero attached hydrogens (tertiary/aromatic N) is 4. The number of benzene rings is 1. The Morgan fingerprint density at radius 1 is 0.947 bits per heavy atom. The van der Waals surface area contributed by atoms with Gasteiger partial charge >= 0.3 is 0 Å². The highest BCUT2D eigenvalue weighted by Gasteiger charge is 2.14. The molecular formula is C14H13BrN4. The Morgan fingerprint density at radius 2 is 1.58 bits per heavy atom. The van der Waals surface area contributed by atoms with Crippen LogP contribution in [0, 0.1) is 20.8 Å². The molecule has 19 heavy (non-hydrogen) atoms. The van der Waals surface area contributed by atoms with Gasteiger partial charge in [-0.2, -0.15) is 15.3 Å². The van der Waals surface area contributed by atoms with Gasteiger partial charge < -0.3 is 0 Å². The molecule has 0 saturated carbocycles. The molecule has 2 aromatic heterocycles. The number of hydrogen-bond donors (Lipinski definition) is 0. The number of hydrogen-bond acceptors (Lipinski definition) is 3. The standard InChI is InChI=1S/C14H13BrN4/c1-8-13-10(3)19(12-6-4-11(15)5-7-12)18-14(13)9(2)17-16-8/h4-7H,1-3H3. The molecule has 0 fully saturated rings. The zero-order chi connectivity index (χ0) is 13.6. The predicted molar refractivity (Wildman–Crippen MR) is 78.6 cm³/mol. The molecular weight excluding hydrogens is 304 g/mol. The SMILES string of the molecule is Cc1nnc(C)c2c(C)n(-c3ccc(Br)cc3)nc12. The minimum Gasteiger partial charge on any atom is -0.237 e. The average molecular weight is 317 g/mol. The van der Waals surface area contributed by atoms with Gasteiger partial charge in [0.15, 0.2) is 0 Å². The summed E-state index contributed by atoms with van der Waals surface area (Å²) in [4.78, 5) is 0. The summed E-state index contributed by atoms with van der Waals surface area (Å²) in [6, 6.07) is 8.09. The van der Waals surface area contributed by atoms with Gasteiger partial charge in [0.2, 0.25) is 0 Å². The van der Waals surface area contributed by atoms with Crippen LogP contribution in [-0.2, 0) is 0 Å². The molecule has 2 heterocycles. The summed E-state index contributed by atoms with van der Waals surface area (Å²) in [5, 5.41) is 14.1. The quantitative estimate of drug-likeness (QED) is 0.690. The van der Waals surface area contributed by atoms with Crippen molar-refractivity contribution in [2.45, 2.75) is 20.8 Å². The monoisotopic (exact) mass is 316 g/mol. The first-order valence-corrected chi connectivity index (χ1v) is 6.82. The fraction of sp³-hybridized carbons (Fsp3) is 0.214. The summed E-state index contributed by atoms with van der Waals surface area (Å²) in [6.07, 6.45) is 0. The highest BCUT2D eigenvalue weighted by molar-refractivity contribution is 9.10. The first-order valence-electron chi connectivity index (χ1n) is 6.03. The first-order chi connectivity index (χ1) is 9.08. The molecule has 4 nitrogen and oxygen atoms in total. The van der Waals surface area contributed by atoms with Crippen LogP contribution >= 0.6 is 15.9 Å². The number of aryl methyl sites for hydroxylation is 3. The van der Waals surface area contributed by atoms with E-state index in [2.05, 4.69) is 38.1 Å². The van der Waals surface area contributed by atoms with Crippen molar-refractivity contribution in [2.24, 2.45) is 0 Å². The van der Waals surface area contributed by atoms with Crippen LogP contribution in [0.2, 0.25) is 0 Å². The van der Waals surface area contributed by atoms with E-state index in [0.717, 1.165) is 38.1 Å². The molecule has 3 aromatic rings. The second-order valence-corrected chi connectivity index (χ2v) is 5.48. The highest BCUT2D eigenvalue weighted by Crippen LogP contribution is 2.24. The van der Waals surface area contributed by atoms with Crippen molar-refractivity contribution < 1.29 is 0 Å². The zero-order valence-electron chi connectivity index (χ0n) is 11.0. The van der Waals surface area contributed by atoms with Crippen LogP contribution in [0.25, 0.3) is 16.6 Å². The maximum Gasteiger partial charge on any atom is 0.118 e. The van der Waals surface area contributed by atoms with Crippen LogP contribution in [0.15, 0.2) is 28.7 Å². The Labute approximate surface area is 119 Å². The first kappa shape index (κ1) is 12.3. The minimum absolute atomic E-state index is 0.861. The molecule has 0 amide bonds. The van der Waals surface area contributed by atoms with E-state index in [1.807, 2.05) is 42.8 Å². The lowest BCUT2D eigenvalue weighted by Gasteiger charge is -2.04. The summed E-state index contributed by atoms with van der Waals surface area (Å²) in [6.45, 7) is 5.97. The molecule has 0 aliphatic rings. The van der Waals surface area contributed by atoms with Crippen molar-refractivity contribution >= 4 is 26.8 Å². The third kappa shape index (κ3) is 1.94. The van der Waals surface area contributed by atoms with E-state index in [-0.39, 0.29) is 0 Å². The van der Waals surface area contributed by atoms with Crippen LogP contribution < -0.4 is 0 Å². The molecule has 0 aliphatic carbocycles. The lowest BCUT2D eigenvalue weighted by molar-refractivity contribution is 0.857. The average Bonchev–Trinajstić information content (AvgIpc) is 2.74. The van der Waals surface area contributed by atoms with Crippen molar-refractivity contribution in [2.75, 3.05) is 0 Å². The Hall–Kier alpha value is -1.75. The maximum absolute atomic E-state index is 4.67. The Morgan fingerprint density at radius 3 is 2.21 bits per heavy atom. The zero-order valence-corrected chi connectivity index (χ0v) is 12.6. The molecule has 0 aliphatic heterocycles. The van der Waals surface area contributed by atoms with E-state index < -0.39 is 0 Å². The van der Waals surface area contributed by atoms with Gasteiger partial charge in [-0.3, -0.25) is 0 Å². The highest BCUT2D eigenvalue weighted by atomic mass is 79.9. The van der Waals surface area contributed by atoms with Crippen LogP contribution in [0.5, 0.6) is 0 Å². The van der Waals surface area contributed by atoms with Gasteiger partial charge in [-0.15, -0.1) is 0 Å². The van der Waals surface area contributed by atoms with Gasteiger partial charge in [0, 0.05) is 9.86 Å². The van der Waals surface area contributed by atoms with Crippen molar-refractivity contribution in [1.82, 2.24) is 20.0 Å². The topological polar surface area (TPSA) is 43.6 Å². The number of halogens is 1. The minimum atomic E-state index is 0.861. The van der Waals surface area contributed by atoms with Crippen LogP contribution in [0.4, 0.5) is 0 Å². The second-order valence-electron chi connectivity index (χ2n) is 4.57. The number of aromatic nitrogens is 4. The van der Waals surface area contributed by atoms with Crippen molar-refractivity contribution in [1.29, 1.82) is 0 Å². The van der Waals surface area contributed by atoms with Gasteiger partial charge in [0.25, 0.3) is 0 Å². The van der Waals surface area contributed by atoms with E-state index in [1.165, 1.54) is 0 Å². The third-order valence-electron chi connectivity index (χ3n) is 3.24.